The van der Waals surface area contributed by atoms with Gasteiger partial charge in [-0.1, -0.05) is 0 Å². The third-order valence-corrected chi connectivity index (χ3v) is 6.22. The van der Waals surface area contributed by atoms with Gasteiger partial charge in [0, 0.05) is 37.6 Å². The van der Waals surface area contributed by atoms with Crippen molar-refractivity contribution in [2.45, 2.75) is 30.7 Å². The van der Waals surface area contributed by atoms with Crippen molar-refractivity contribution in [3.05, 3.63) is 53.7 Å². The molecule has 0 radical (unpaired) electrons. The van der Waals surface area contributed by atoms with Gasteiger partial charge in [0.1, 0.15) is 11.5 Å². The van der Waals surface area contributed by atoms with Crippen LogP contribution in [0.15, 0.2) is 42.6 Å². The highest BCUT2D eigenvalue weighted by Crippen LogP contribution is 2.51. The lowest BCUT2D eigenvalue weighted by atomic mass is 10.0. The molecule has 0 bridgehead atoms. The van der Waals surface area contributed by atoms with Crippen molar-refractivity contribution >= 4 is 16.8 Å². The molecule has 3 aromatic rings. The molecule has 0 unspecified atom stereocenters. The quantitative estimate of drug-likeness (QED) is 0.624. The van der Waals surface area contributed by atoms with E-state index < -0.39 is 23.9 Å². The highest BCUT2D eigenvalue weighted by atomic mass is 19.4. The number of nitrogens with zero attached hydrogens (tertiary/aromatic N) is 3. The lowest BCUT2D eigenvalue weighted by Crippen LogP contribution is -2.31. The number of hydrogen-bond donors (Lipinski definition) is 2. The molecule has 0 spiro atoms. The Morgan fingerprint density at radius 2 is 1.76 bits per heavy atom. The topological polar surface area (TPSA) is 87.8 Å². The first-order valence-electron chi connectivity index (χ1n) is 10.6. The van der Waals surface area contributed by atoms with Crippen molar-refractivity contribution < 1.29 is 32.9 Å². The molecule has 2 aliphatic rings. The number of likely N-dealkylation sites (tertiary alicyclic amines) is 1. The summed E-state index contributed by atoms with van der Waals surface area (Å²) in [7, 11) is 1.78. The number of amides is 1. The number of fused-ring (bicyclic) bond motifs is 1. The summed E-state index contributed by atoms with van der Waals surface area (Å²) >= 11 is 0. The predicted octanol–water partition coefficient (Wildman–Crippen LogP) is 3.05. The van der Waals surface area contributed by atoms with E-state index in [2.05, 4.69) is 5.10 Å². The molecule has 2 fully saturated rings. The molecule has 1 aliphatic carbocycles. The molecule has 1 aliphatic heterocycles. The number of β-amino-alcohol motifs (C(OH)–C–C–N with tert-alkyl or cyclic N) is 2. The Kier molecular flexibility index (Phi) is 5.09. The van der Waals surface area contributed by atoms with Gasteiger partial charge in [-0.25, -0.2) is 0 Å². The number of aliphatic hydroxyl groups is 2. The van der Waals surface area contributed by atoms with Gasteiger partial charge in [0.2, 0.25) is 5.91 Å². The van der Waals surface area contributed by atoms with Crippen LogP contribution in [0.25, 0.3) is 10.9 Å². The van der Waals surface area contributed by atoms with E-state index in [1.54, 1.807) is 23.9 Å². The summed E-state index contributed by atoms with van der Waals surface area (Å²) in [5.74, 6) is 0.208. The molecule has 174 valence electrons. The highest BCUT2D eigenvalue weighted by molar-refractivity contribution is 5.88. The van der Waals surface area contributed by atoms with Crippen LogP contribution in [-0.2, 0) is 18.0 Å². The number of aromatic nitrogens is 2. The molecule has 4 atom stereocenters. The van der Waals surface area contributed by atoms with Crippen molar-refractivity contribution in [3.63, 3.8) is 0 Å². The van der Waals surface area contributed by atoms with Crippen LogP contribution in [0.5, 0.6) is 11.5 Å². The number of rotatable bonds is 4. The molecule has 2 N–H and O–H groups in total. The highest BCUT2D eigenvalue weighted by Gasteiger charge is 2.49. The summed E-state index contributed by atoms with van der Waals surface area (Å²) in [5.41, 5.74) is 0.808. The standard InChI is InChI=1S/C23H22F3N3O4/c1-28-9-12-6-15(33-14-4-2-13(3-5-14)23(24,25)26)7-17(21(12)27-28)16-8-18(16)22(32)29-10-19(30)20(31)11-29/h2-7,9,16,18-20,30-31H,8,10-11H2,1H3/t16-,18+,19+,20+/m0/s1. The van der Waals surface area contributed by atoms with Gasteiger partial charge in [0.05, 0.1) is 23.3 Å². The first-order chi connectivity index (χ1) is 15.6. The minimum atomic E-state index is -4.42. The Labute approximate surface area is 187 Å². The van der Waals surface area contributed by atoms with Gasteiger partial charge in [0.15, 0.2) is 0 Å². The van der Waals surface area contributed by atoms with E-state index in [0.717, 1.165) is 28.6 Å². The third-order valence-electron chi connectivity index (χ3n) is 6.22. The summed E-state index contributed by atoms with van der Waals surface area (Å²) in [6, 6.07) is 8.00. The van der Waals surface area contributed by atoms with Gasteiger partial charge in [0.25, 0.3) is 0 Å². The molecule has 1 amide bonds. The minimum absolute atomic E-state index is 0.0964. The maximum atomic E-state index is 12.9. The van der Waals surface area contributed by atoms with Gasteiger partial charge in [-0.2, -0.15) is 18.3 Å². The second-order valence-electron chi connectivity index (χ2n) is 8.70. The minimum Gasteiger partial charge on any atom is -0.457 e. The van der Waals surface area contributed by atoms with Gasteiger partial charge >= 0.3 is 6.18 Å². The zero-order valence-electron chi connectivity index (χ0n) is 17.7. The molecule has 1 aromatic heterocycles. The van der Waals surface area contributed by atoms with E-state index in [0.29, 0.717) is 12.2 Å². The molecular formula is C23H22F3N3O4. The number of ether oxygens (including phenoxy) is 1. The van der Waals surface area contributed by atoms with E-state index in [9.17, 15) is 28.2 Å². The maximum absolute atomic E-state index is 12.9. The molecule has 2 aromatic carbocycles. The van der Waals surface area contributed by atoms with E-state index in [1.165, 1.54) is 17.0 Å². The summed E-state index contributed by atoms with van der Waals surface area (Å²) in [5, 5.41) is 24.8. The third kappa shape index (κ3) is 4.16. The Bertz CT molecular complexity index is 1200. The predicted molar refractivity (Wildman–Crippen MR) is 112 cm³/mol. The van der Waals surface area contributed by atoms with Crippen molar-refractivity contribution in [2.24, 2.45) is 13.0 Å². The molecule has 33 heavy (non-hydrogen) atoms. The zero-order chi connectivity index (χ0) is 23.5. The summed E-state index contributed by atoms with van der Waals surface area (Å²) in [4.78, 5) is 14.4. The number of aryl methyl sites for hydroxylation is 1. The van der Waals surface area contributed by atoms with Crippen LogP contribution >= 0.6 is 0 Å². The van der Waals surface area contributed by atoms with E-state index in [1.807, 2.05) is 6.20 Å². The van der Waals surface area contributed by atoms with Crippen molar-refractivity contribution in [3.8, 4) is 11.5 Å². The van der Waals surface area contributed by atoms with E-state index in [-0.39, 0.29) is 36.6 Å². The van der Waals surface area contributed by atoms with Crippen LogP contribution < -0.4 is 4.74 Å². The van der Waals surface area contributed by atoms with Gasteiger partial charge in [-0.15, -0.1) is 0 Å². The smallest absolute Gasteiger partial charge is 0.416 e. The molecule has 7 nitrogen and oxygen atoms in total. The second-order valence-corrected chi connectivity index (χ2v) is 8.70. The van der Waals surface area contributed by atoms with E-state index in [4.69, 9.17) is 4.74 Å². The first-order valence-corrected chi connectivity index (χ1v) is 10.6. The van der Waals surface area contributed by atoms with Crippen molar-refractivity contribution in [2.75, 3.05) is 13.1 Å². The molecule has 1 saturated heterocycles. The molecule has 5 rings (SSSR count). The van der Waals surface area contributed by atoms with Crippen LogP contribution in [-0.4, -0.2) is 56.1 Å². The number of benzene rings is 2. The monoisotopic (exact) mass is 461 g/mol. The number of alkyl halides is 3. The normalized spacial score (nSPS) is 25.0. The number of halogens is 3. The molecule has 10 heteroatoms. The number of carbonyl (C=O) groups is 1. The van der Waals surface area contributed by atoms with Gasteiger partial charge in [-0.3, -0.25) is 9.48 Å². The van der Waals surface area contributed by atoms with Gasteiger partial charge in [-0.05, 0) is 54.3 Å². The fourth-order valence-corrected chi connectivity index (χ4v) is 4.44. The fraction of sp³-hybridized carbons (Fsp3) is 0.391. The summed E-state index contributed by atoms with van der Waals surface area (Å²) in [6.45, 7) is 0.221. The SMILES string of the molecule is Cn1cc2cc(Oc3ccc(C(F)(F)F)cc3)cc([C@@H]3C[C@H]3C(=O)N3C[C@@H](O)[C@H](O)C3)c2n1. The van der Waals surface area contributed by atoms with Crippen LogP contribution in [0.4, 0.5) is 13.2 Å². The van der Waals surface area contributed by atoms with Crippen LogP contribution in [0.1, 0.15) is 23.5 Å². The van der Waals surface area contributed by atoms with E-state index >= 15 is 0 Å². The number of aliphatic hydroxyl groups excluding tert-OH is 2. The lowest BCUT2D eigenvalue weighted by molar-refractivity contribution is -0.137. The van der Waals surface area contributed by atoms with Crippen LogP contribution in [0, 0.1) is 5.92 Å². The zero-order valence-corrected chi connectivity index (χ0v) is 17.7. The summed E-state index contributed by atoms with van der Waals surface area (Å²) < 4.78 is 46.0. The maximum Gasteiger partial charge on any atom is 0.416 e. The Hall–Kier alpha value is -3.11. The molecule has 1 saturated carbocycles. The average Bonchev–Trinajstić information content (AvgIpc) is 3.35. The largest absolute Gasteiger partial charge is 0.457 e. The lowest BCUT2D eigenvalue weighted by Gasteiger charge is -2.15. The Morgan fingerprint density at radius 1 is 1.09 bits per heavy atom. The number of hydrogen-bond acceptors (Lipinski definition) is 5. The van der Waals surface area contributed by atoms with Crippen molar-refractivity contribution in [1.29, 1.82) is 0 Å². The Morgan fingerprint density at radius 3 is 2.39 bits per heavy atom. The van der Waals surface area contributed by atoms with Crippen LogP contribution in [0.3, 0.4) is 0 Å². The second kappa shape index (κ2) is 7.74. The molecular weight excluding hydrogens is 439 g/mol. The summed E-state index contributed by atoms with van der Waals surface area (Å²) in [6.07, 6.45) is -3.87. The van der Waals surface area contributed by atoms with Crippen LogP contribution in [0.2, 0.25) is 0 Å². The number of carbonyl (C=O) groups excluding carboxylic acids is 1. The van der Waals surface area contributed by atoms with Crippen molar-refractivity contribution in [1.82, 2.24) is 14.7 Å². The van der Waals surface area contributed by atoms with Gasteiger partial charge < -0.3 is 19.8 Å². The molecule has 2 heterocycles. The Balaban J connectivity index is 1.40. The first kappa shape index (κ1) is 21.7. The average molecular weight is 461 g/mol. The fourth-order valence-electron chi connectivity index (χ4n) is 4.44.